The molecule has 0 saturated carbocycles. The van der Waals surface area contributed by atoms with E-state index in [9.17, 15) is 0 Å². The third-order valence-corrected chi connectivity index (χ3v) is 11.3. The van der Waals surface area contributed by atoms with Crippen LogP contribution in [0.4, 0.5) is 0 Å². The highest BCUT2D eigenvalue weighted by Crippen LogP contribution is 2.41. The first-order valence-electron chi connectivity index (χ1n) is 18.0. The van der Waals surface area contributed by atoms with Gasteiger partial charge in [0.25, 0.3) is 0 Å². The lowest BCUT2D eigenvalue weighted by Crippen LogP contribution is -2.01. The van der Waals surface area contributed by atoms with Gasteiger partial charge in [0.05, 0.1) is 16.7 Å². The van der Waals surface area contributed by atoms with Gasteiger partial charge in [-0.05, 0) is 53.9 Å². The van der Waals surface area contributed by atoms with Crippen molar-refractivity contribution in [3.05, 3.63) is 176 Å². The van der Waals surface area contributed by atoms with Crippen molar-refractivity contribution in [2.45, 2.75) is 0 Å². The number of para-hydroxylation sites is 2. The van der Waals surface area contributed by atoms with Crippen molar-refractivity contribution in [1.82, 2.24) is 24.5 Å². The van der Waals surface area contributed by atoms with Crippen LogP contribution in [0.25, 0.3) is 104 Å². The Labute approximate surface area is 314 Å². The minimum Gasteiger partial charge on any atom is -0.309 e. The van der Waals surface area contributed by atoms with Gasteiger partial charge in [-0.1, -0.05) is 127 Å². The summed E-state index contributed by atoms with van der Waals surface area (Å²) in [6.07, 6.45) is 0. The number of aromatic nitrogens is 5. The summed E-state index contributed by atoms with van der Waals surface area (Å²) in [4.78, 5) is 21.5. The normalized spacial score (nSPS) is 11.7. The zero-order valence-electron chi connectivity index (χ0n) is 28.9. The second kappa shape index (κ2) is 12.3. The van der Waals surface area contributed by atoms with Crippen LogP contribution < -0.4 is 0 Å². The summed E-state index contributed by atoms with van der Waals surface area (Å²) >= 11 is 1.74. The van der Waals surface area contributed by atoms with Gasteiger partial charge < -0.3 is 4.57 Å². The molecule has 11 rings (SSSR count). The van der Waals surface area contributed by atoms with Crippen LogP contribution in [0.15, 0.2) is 176 Å². The van der Waals surface area contributed by atoms with Crippen LogP contribution in [0.2, 0.25) is 0 Å². The van der Waals surface area contributed by atoms with Gasteiger partial charge in [-0.25, -0.2) is 19.9 Å². The van der Waals surface area contributed by atoms with Gasteiger partial charge >= 0.3 is 0 Å². The van der Waals surface area contributed by atoms with E-state index in [1.165, 1.54) is 42.7 Å². The molecule has 0 atom stereocenters. The van der Waals surface area contributed by atoms with Crippen LogP contribution in [0.3, 0.4) is 0 Å². The smallest absolute Gasteiger partial charge is 0.164 e. The summed E-state index contributed by atoms with van der Waals surface area (Å²) in [6, 6.07) is 61.4. The summed E-state index contributed by atoms with van der Waals surface area (Å²) in [5, 5.41) is 7.26. The molecule has 252 valence electrons. The molecule has 0 aliphatic carbocycles. The van der Waals surface area contributed by atoms with E-state index in [1.807, 2.05) is 30.3 Å². The Morgan fingerprint density at radius 2 is 0.889 bits per heavy atom. The zero-order chi connectivity index (χ0) is 35.6. The molecule has 0 saturated heterocycles. The number of rotatable bonds is 5. The first kappa shape index (κ1) is 30.6. The molecule has 4 aromatic heterocycles. The summed E-state index contributed by atoms with van der Waals surface area (Å²) in [5.74, 6) is 1.86. The van der Waals surface area contributed by atoms with E-state index in [4.69, 9.17) is 19.9 Å². The Morgan fingerprint density at radius 3 is 1.59 bits per heavy atom. The molecule has 4 heterocycles. The number of benzene rings is 7. The molecule has 7 aromatic carbocycles. The van der Waals surface area contributed by atoms with Crippen LogP contribution >= 0.6 is 11.3 Å². The minimum atomic E-state index is 0.611. The number of thiophene rings is 1. The molecule has 6 heteroatoms. The Bertz CT molecular complexity index is 3160. The Balaban J connectivity index is 1.05. The lowest BCUT2D eigenvalue weighted by Gasteiger charge is -2.12. The van der Waals surface area contributed by atoms with Crippen LogP contribution in [-0.4, -0.2) is 24.5 Å². The molecule has 0 amide bonds. The minimum absolute atomic E-state index is 0.611. The quantitative estimate of drug-likeness (QED) is 0.179. The fourth-order valence-corrected chi connectivity index (χ4v) is 8.87. The average Bonchev–Trinajstić information content (AvgIpc) is 3.80. The predicted molar refractivity (Wildman–Crippen MR) is 224 cm³/mol. The highest BCUT2D eigenvalue weighted by atomic mass is 32.1. The van der Waals surface area contributed by atoms with E-state index >= 15 is 0 Å². The monoisotopic (exact) mass is 707 g/mol. The highest BCUT2D eigenvalue weighted by molar-refractivity contribution is 7.25. The third-order valence-electron chi connectivity index (χ3n) is 10.3. The van der Waals surface area contributed by atoms with Gasteiger partial charge in [0.15, 0.2) is 17.5 Å². The van der Waals surface area contributed by atoms with Gasteiger partial charge in [0, 0.05) is 59.6 Å². The Hall–Kier alpha value is -7.02. The van der Waals surface area contributed by atoms with Crippen LogP contribution in [-0.2, 0) is 0 Å². The van der Waals surface area contributed by atoms with Crippen molar-refractivity contribution in [3.63, 3.8) is 0 Å². The first-order valence-corrected chi connectivity index (χ1v) is 18.8. The first-order chi connectivity index (χ1) is 26.8. The second-order valence-corrected chi connectivity index (χ2v) is 14.5. The molecule has 54 heavy (non-hydrogen) atoms. The van der Waals surface area contributed by atoms with Gasteiger partial charge in [-0.2, -0.15) is 0 Å². The molecule has 0 aliphatic rings. The molecule has 0 radical (unpaired) electrons. The molecule has 0 unspecified atom stereocenters. The van der Waals surface area contributed by atoms with Crippen molar-refractivity contribution in [1.29, 1.82) is 0 Å². The van der Waals surface area contributed by atoms with E-state index in [0.29, 0.717) is 17.5 Å². The van der Waals surface area contributed by atoms with Gasteiger partial charge in [0.2, 0.25) is 0 Å². The van der Waals surface area contributed by atoms with E-state index < -0.39 is 0 Å². The fraction of sp³-hybridized carbons (Fsp3) is 0. The maximum atomic E-state index is 5.31. The van der Waals surface area contributed by atoms with E-state index in [0.717, 1.165) is 43.9 Å². The van der Waals surface area contributed by atoms with Gasteiger partial charge in [-0.3, -0.25) is 0 Å². The molecule has 0 N–H and O–H groups in total. The number of pyridine rings is 1. The number of fused-ring (bicyclic) bond motifs is 8. The predicted octanol–water partition coefficient (Wildman–Crippen LogP) is 12.6. The highest BCUT2D eigenvalue weighted by Gasteiger charge is 2.18. The molecule has 0 aliphatic heterocycles. The van der Waals surface area contributed by atoms with Gasteiger partial charge in [-0.15, -0.1) is 11.3 Å². The summed E-state index contributed by atoms with van der Waals surface area (Å²) in [6.45, 7) is 0. The number of hydrogen-bond acceptors (Lipinski definition) is 5. The second-order valence-electron chi connectivity index (χ2n) is 13.5. The van der Waals surface area contributed by atoms with Crippen LogP contribution in [0, 0.1) is 0 Å². The summed E-state index contributed by atoms with van der Waals surface area (Å²) in [7, 11) is 0. The van der Waals surface area contributed by atoms with Gasteiger partial charge in [0.1, 0.15) is 4.83 Å². The number of hydrogen-bond donors (Lipinski definition) is 0. The topological polar surface area (TPSA) is 56.5 Å². The molecule has 0 bridgehead atoms. The SMILES string of the molecule is c1ccc(-c2nc(-c3ccc(-n4c5ccccc5c5ccccc54)cc3)nc(-c3cccc(-c4nc5sc6ccccc6c5c5ccccc45)c3)n2)cc1. The van der Waals surface area contributed by atoms with Crippen molar-refractivity contribution in [2.24, 2.45) is 0 Å². The molecule has 0 spiro atoms. The standard InChI is InChI=1S/C48H29N5S/c1-2-13-30(14-3-1)45-50-46(31-25-27-34(28-26-31)53-40-22-9-6-17-35(40)36-18-7-10-23-41(36)53)52-47(51-45)33-16-12-15-32(29-33)44-38-20-5-4-19-37(38)43-39-21-8-11-24-42(39)54-48(43)49-44/h1-29H. The van der Waals surface area contributed by atoms with Crippen molar-refractivity contribution in [2.75, 3.05) is 0 Å². The van der Waals surface area contributed by atoms with Crippen molar-refractivity contribution in [3.8, 4) is 51.1 Å². The zero-order valence-corrected chi connectivity index (χ0v) is 29.7. The van der Waals surface area contributed by atoms with Crippen molar-refractivity contribution < 1.29 is 0 Å². The van der Waals surface area contributed by atoms with Crippen molar-refractivity contribution >= 4 is 64.2 Å². The maximum absolute atomic E-state index is 5.31. The number of nitrogens with zero attached hydrogens (tertiary/aromatic N) is 5. The van der Waals surface area contributed by atoms with E-state index in [2.05, 4.69) is 150 Å². The Morgan fingerprint density at radius 1 is 0.370 bits per heavy atom. The van der Waals surface area contributed by atoms with Crippen LogP contribution in [0.1, 0.15) is 0 Å². The Kier molecular flexibility index (Phi) is 6.97. The lowest BCUT2D eigenvalue weighted by atomic mass is 9.99. The lowest BCUT2D eigenvalue weighted by molar-refractivity contribution is 1.07. The van der Waals surface area contributed by atoms with Crippen LogP contribution in [0.5, 0.6) is 0 Å². The molecule has 11 aromatic rings. The summed E-state index contributed by atoms with van der Waals surface area (Å²) in [5.41, 5.74) is 8.14. The maximum Gasteiger partial charge on any atom is 0.164 e. The molecular formula is C48H29N5S. The molecule has 5 nitrogen and oxygen atoms in total. The average molecular weight is 708 g/mol. The van der Waals surface area contributed by atoms with E-state index in [-0.39, 0.29) is 0 Å². The van der Waals surface area contributed by atoms with E-state index in [1.54, 1.807) is 11.3 Å². The molecular weight excluding hydrogens is 679 g/mol. The molecule has 0 fully saturated rings. The summed E-state index contributed by atoms with van der Waals surface area (Å²) < 4.78 is 3.56. The third kappa shape index (κ3) is 4.92. The fourth-order valence-electron chi connectivity index (χ4n) is 7.78. The largest absolute Gasteiger partial charge is 0.309 e.